The van der Waals surface area contributed by atoms with Crippen LogP contribution in [0.3, 0.4) is 0 Å². The van der Waals surface area contributed by atoms with E-state index in [0.29, 0.717) is 18.7 Å². The normalized spacial score (nSPS) is 19.8. The molecule has 1 saturated heterocycles. The van der Waals surface area contributed by atoms with E-state index in [4.69, 9.17) is 4.74 Å². The summed E-state index contributed by atoms with van der Waals surface area (Å²) in [4.78, 5) is 12.0. The number of nitrogens with zero attached hydrogens (tertiary/aromatic N) is 2. The molecule has 1 fully saturated rings. The zero-order valence-corrected chi connectivity index (χ0v) is 10.9. The average Bonchev–Trinajstić information content (AvgIpc) is 2.78. The van der Waals surface area contributed by atoms with Gasteiger partial charge in [0.1, 0.15) is 0 Å². The van der Waals surface area contributed by atoms with Crippen molar-refractivity contribution in [1.82, 2.24) is 20.4 Å². The lowest BCUT2D eigenvalue weighted by atomic mass is 10.2. The highest BCUT2D eigenvalue weighted by molar-refractivity contribution is 5.95. The fourth-order valence-corrected chi connectivity index (χ4v) is 2.05. The Balaban J connectivity index is 1.90. The van der Waals surface area contributed by atoms with E-state index in [0.717, 1.165) is 25.3 Å². The average molecular weight is 252 g/mol. The molecule has 1 aromatic heterocycles. The van der Waals surface area contributed by atoms with Crippen molar-refractivity contribution in [1.29, 1.82) is 0 Å². The lowest BCUT2D eigenvalue weighted by molar-refractivity contribution is 0.0734. The van der Waals surface area contributed by atoms with Gasteiger partial charge in [-0.25, -0.2) is 0 Å². The lowest BCUT2D eigenvalue weighted by Crippen LogP contribution is -2.48. The summed E-state index contributed by atoms with van der Waals surface area (Å²) in [5.74, 6) is -0.0627. The summed E-state index contributed by atoms with van der Waals surface area (Å²) in [6.07, 6.45) is 2.52. The third-order valence-electron chi connectivity index (χ3n) is 2.99. The number of carbonyl (C=O) groups is 1. The Hall–Kier alpha value is -1.40. The largest absolute Gasteiger partial charge is 0.378 e. The molecule has 1 aliphatic rings. The molecule has 0 spiro atoms. The van der Waals surface area contributed by atoms with Gasteiger partial charge in [0.25, 0.3) is 5.91 Å². The zero-order valence-electron chi connectivity index (χ0n) is 10.9. The minimum Gasteiger partial charge on any atom is -0.378 e. The number of nitrogens with one attached hydrogen (secondary N) is 2. The summed E-state index contributed by atoms with van der Waals surface area (Å²) < 4.78 is 7.02. The van der Waals surface area contributed by atoms with Gasteiger partial charge in [0.2, 0.25) is 0 Å². The summed E-state index contributed by atoms with van der Waals surface area (Å²) in [6.45, 7) is 4.81. The molecule has 2 rings (SSSR count). The van der Waals surface area contributed by atoms with Crippen LogP contribution in [-0.4, -0.2) is 48.0 Å². The van der Waals surface area contributed by atoms with E-state index in [9.17, 15) is 4.79 Å². The van der Waals surface area contributed by atoms with Gasteiger partial charge in [-0.2, -0.15) is 5.10 Å². The number of aromatic nitrogens is 2. The first-order valence-corrected chi connectivity index (χ1v) is 6.32. The number of morpholine rings is 1. The number of hydrogen-bond acceptors (Lipinski definition) is 4. The van der Waals surface area contributed by atoms with Gasteiger partial charge >= 0.3 is 0 Å². The maximum Gasteiger partial charge on any atom is 0.254 e. The maximum atomic E-state index is 12.0. The van der Waals surface area contributed by atoms with Crippen LogP contribution in [0.2, 0.25) is 0 Å². The van der Waals surface area contributed by atoms with E-state index >= 15 is 0 Å². The lowest BCUT2D eigenvalue weighted by Gasteiger charge is -2.23. The quantitative estimate of drug-likeness (QED) is 0.772. The van der Waals surface area contributed by atoms with Crippen LogP contribution in [0.5, 0.6) is 0 Å². The second kappa shape index (κ2) is 5.97. The third kappa shape index (κ3) is 3.08. The molecule has 2 heterocycles. The van der Waals surface area contributed by atoms with Gasteiger partial charge in [-0.3, -0.25) is 9.48 Å². The molecule has 6 nitrogen and oxygen atoms in total. The van der Waals surface area contributed by atoms with Crippen molar-refractivity contribution in [3.05, 3.63) is 17.5 Å². The van der Waals surface area contributed by atoms with Crippen molar-refractivity contribution in [2.75, 3.05) is 26.3 Å². The van der Waals surface area contributed by atoms with Gasteiger partial charge in [-0.15, -0.1) is 0 Å². The molecule has 100 valence electrons. The van der Waals surface area contributed by atoms with Crippen LogP contribution in [-0.2, 0) is 18.2 Å². The molecule has 0 bridgehead atoms. The van der Waals surface area contributed by atoms with Gasteiger partial charge in [0.05, 0.1) is 24.5 Å². The van der Waals surface area contributed by atoms with E-state index in [1.165, 1.54) is 0 Å². The van der Waals surface area contributed by atoms with Crippen LogP contribution in [0.15, 0.2) is 6.20 Å². The summed E-state index contributed by atoms with van der Waals surface area (Å²) >= 11 is 0. The van der Waals surface area contributed by atoms with E-state index in [1.807, 2.05) is 14.0 Å². The van der Waals surface area contributed by atoms with Crippen LogP contribution < -0.4 is 10.6 Å². The number of aryl methyl sites for hydroxylation is 2. The second-order valence-electron chi connectivity index (χ2n) is 4.45. The Bertz CT molecular complexity index is 410. The van der Waals surface area contributed by atoms with Crippen molar-refractivity contribution < 1.29 is 9.53 Å². The van der Waals surface area contributed by atoms with Gasteiger partial charge in [-0.1, -0.05) is 6.92 Å². The van der Waals surface area contributed by atoms with Crippen LogP contribution in [0, 0.1) is 0 Å². The second-order valence-corrected chi connectivity index (χ2v) is 4.45. The Morgan fingerprint density at radius 1 is 1.72 bits per heavy atom. The molecule has 0 aliphatic carbocycles. The monoisotopic (exact) mass is 252 g/mol. The van der Waals surface area contributed by atoms with E-state index in [2.05, 4.69) is 15.7 Å². The first-order chi connectivity index (χ1) is 8.70. The van der Waals surface area contributed by atoms with E-state index in [-0.39, 0.29) is 11.9 Å². The van der Waals surface area contributed by atoms with Gasteiger partial charge in [-0.05, 0) is 6.42 Å². The number of amides is 1. The Labute approximate surface area is 107 Å². The van der Waals surface area contributed by atoms with Crippen LogP contribution in [0.25, 0.3) is 0 Å². The summed E-state index contributed by atoms with van der Waals surface area (Å²) in [5, 5.41) is 10.5. The SMILES string of the molecule is CCc1nn(C)cc1C(=O)NCC1COCCN1. The molecule has 0 aromatic carbocycles. The van der Waals surface area contributed by atoms with Crippen molar-refractivity contribution in [2.45, 2.75) is 19.4 Å². The standard InChI is InChI=1S/C12H20N4O2/c1-3-11-10(7-16(2)15-11)12(17)14-6-9-8-18-5-4-13-9/h7,9,13H,3-6,8H2,1-2H3,(H,14,17). The molecule has 0 saturated carbocycles. The van der Waals surface area contributed by atoms with Gasteiger partial charge in [0, 0.05) is 32.4 Å². The van der Waals surface area contributed by atoms with Crippen LogP contribution in [0.4, 0.5) is 0 Å². The van der Waals surface area contributed by atoms with Crippen molar-refractivity contribution in [2.24, 2.45) is 7.05 Å². The molecule has 1 aliphatic heterocycles. The molecule has 18 heavy (non-hydrogen) atoms. The highest BCUT2D eigenvalue weighted by Crippen LogP contribution is 2.06. The first kappa shape index (κ1) is 13.0. The Morgan fingerprint density at radius 3 is 3.22 bits per heavy atom. The highest BCUT2D eigenvalue weighted by atomic mass is 16.5. The van der Waals surface area contributed by atoms with Gasteiger partial charge in [0.15, 0.2) is 0 Å². The zero-order chi connectivity index (χ0) is 13.0. The predicted octanol–water partition coefficient (Wildman–Crippen LogP) is -0.299. The maximum absolute atomic E-state index is 12.0. The predicted molar refractivity (Wildman–Crippen MR) is 67.5 cm³/mol. The molecule has 1 amide bonds. The van der Waals surface area contributed by atoms with E-state index in [1.54, 1.807) is 10.9 Å². The molecule has 0 radical (unpaired) electrons. The Kier molecular flexibility index (Phi) is 4.33. The van der Waals surface area contributed by atoms with Crippen LogP contribution in [0.1, 0.15) is 23.0 Å². The van der Waals surface area contributed by atoms with Crippen molar-refractivity contribution in [3.8, 4) is 0 Å². The Morgan fingerprint density at radius 2 is 2.56 bits per heavy atom. The highest BCUT2D eigenvalue weighted by Gasteiger charge is 2.17. The molecular weight excluding hydrogens is 232 g/mol. The summed E-state index contributed by atoms with van der Waals surface area (Å²) in [5.41, 5.74) is 1.50. The smallest absolute Gasteiger partial charge is 0.254 e. The van der Waals surface area contributed by atoms with Crippen molar-refractivity contribution in [3.63, 3.8) is 0 Å². The number of rotatable bonds is 4. The topological polar surface area (TPSA) is 68.2 Å². The van der Waals surface area contributed by atoms with Crippen LogP contribution >= 0.6 is 0 Å². The van der Waals surface area contributed by atoms with E-state index < -0.39 is 0 Å². The first-order valence-electron chi connectivity index (χ1n) is 6.32. The summed E-state index contributed by atoms with van der Waals surface area (Å²) in [7, 11) is 1.83. The fraction of sp³-hybridized carbons (Fsp3) is 0.667. The molecule has 2 N–H and O–H groups in total. The molecular formula is C12H20N4O2. The molecule has 1 aromatic rings. The minimum atomic E-state index is -0.0627. The summed E-state index contributed by atoms with van der Waals surface area (Å²) in [6, 6.07) is 0.199. The molecule has 1 unspecified atom stereocenters. The number of ether oxygens (including phenoxy) is 1. The van der Waals surface area contributed by atoms with Gasteiger partial charge < -0.3 is 15.4 Å². The van der Waals surface area contributed by atoms with Crippen molar-refractivity contribution >= 4 is 5.91 Å². The minimum absolute atomic E-state index is 0.0627. The fourth-order valence-electron chi connectivity index (χ4n) is 2.05. The number of hydrogen-bond donors (Lipinski definition) is 2. The third-order valence-corrected chi connectivity index (χ3v) is 2.99. The molecule has 6 heteroatoms. The number of carbonyl (C=O) groups excluding carboxylic acids is 1. The molecule has 1 atom stereocenters.